The van der Waals surface area contributed by atoms with Crippen molar-refractivity contribution in [2.24, 2.45) is 5.73 Å². The van der Waals surface area contributed by atoms with Gasteiger partial charge in [-0.05, 0) is 29.1 Å². The second-order valence-corrected chi connectivity index (χ2v) is 4.28. The monoisotopic (exact) mass is 232 g/mol. The summed E-state index contributed by atoms with van der Waals surface area (Å²) in [6.45, 7) is 0.475. The maximum absolute atomic E-state index is 11.7. The fourth-order valence-electron chi connectivity index (χ4n) is 1.38. The van der Waals surface area contributed by atoms with Crippen LogP contribution in [0.5, 0.6) is 0 Å². The molecular weight excluding hydrogens is 220 g/mol. The van der Waals surface area contributed by atoms with Crippen molar-refractivity contribution in [3.63, 3.8) is 0 Å². The third-order valence-corrected chi connectivity index (χ3v) is 3.03. The number of amides is 1. The van der Waals surface area contributed by atoms with Gasteiger partial charge in [-0.3, -0.25) is 4.79 Å². The maximum atomic E-state index is 11.7. The molecule has 0 saturated carbocycles. The first-order chi connectivity index (χ1) is 7.79. The number of benzene rings is 1. The molecule has 0 aliphatic rings. The number of anilines is 1. The van der Waals surface area contributed by atoms with E-state index in [2.05, 4.69) is 5.32 Å². The van der Waals surface area contributed by atoms with E-state index >= 15 is 0 Å². The number of nitrogens with two attached hydrogens (primary N) is 1. The zero-order valence-electron chi connectivity index (χ0n) is 8.64. The zero-order valence-corrected chi connectivity index (χ0v) is 9.46. The van der Waals surface area contributed by atoms with E-state index in [0.717, 1.165) is 11.3 Å². The summed E-state index contributed by atoms with van der Waals surface area (Å²) in [5.74, 6) is -0.0795. The van der Waals surface area contributed by atoms with Crippen LogP contribution in [0.4, 0.5) is 5.69 Å². The molecule has 4 heteroatoms. The molecule has 2 rings (SSSR count). The molecule has 0 saturated heterocycles. The molecule has 1 heterocycles. The van der Waals surface area contributed by atoms with Gasteiger partial charge in [0.05, 0.1) is 4.88 Å². The Morgan fingerprint density at radius 2 is 2.19 bits per heavy atom. The number of carbonyl (C=O) groups excluding carboxylic acids is 1. The lowest BCUT2D eigenvalue weighted by atomic mass is 10.2. The summed E-state index contributed by atoms with van der Waals surface area (Å²) in [6.07, 6.45) is 0. The molecule has 82 valence electrons. The van der Waals surface area contributed by atoms with Gasteiger partial charge in [0.2, 0.25) is 0 Å². The summed E-state index contributed by atoms with van der Waals surface area (Å²) in [7, 11) is 0. The van der Waals surface area contributed by atoms with Crippen molar-refractivity contribution < 1.29 is 4.79 Å². The summed E-state index contributed by atoms with van der Waals surface area (Å²) >= 11 is 1.42. The summed E-state index contributed by atoms with van der Waals surface area (Å²) in [4.78, 5) is 12.4. The SMILES string of the molecule is NCc1cccc(NC(=O)c2cccs2)c1. The van der Waals surface area contributed by atoms with E-state index in [0.29, 0.717) is 11.4 Å². The van der Waals surface area contributed by atoms with Crippen LogP contribution in [0.1, 0.15) is 15.2 Å². The average Bonchev–Trinajstić information content (AvgIpc) is 2.83. The van der Waals surface area contributed by atoms with Crippen LogP contribution < -0.4 is 11.1 Å². The zero-order chi connectivity index (χ0) is 11.4. The number of hydrogen-bond donors (Lipinski definition) is 2. The van der Waals surface area contributed by atoms with E-state index in [1.807, 2.05) is 35.7 Å². The van der Waals surface area contributed by atoms with E-state index in [1.54, 1.807) is 6.07 Å². The average molecular weight is 232 g/mol. The summed E-state index contributed by atoms with van der Waals surface area (Å²) in [5, 5.41) is 4.72. The van der Waals surface area contributed by atoms with E-state index in [1.165, 1.54) is 11.3 Å². The molecule has 1 aromatic heterocycles. The smallest absolute Gasteiger partial charge is 0.265 e. The molecule has 0 bridgehead atoms. The largest absolute Gasteiger partial charge is 0.326 e. The minimum absolute atomic E-state index is 0.0795. The fourth-order valence-corrected chi connectivity index (χ4v) is 2.00. The Kier molecular flexibility index (Phi) is 3.34. The van der Waals surface area contributed by atoms with E-state index in [-0.39, 0.29) is 5.91 Å². The standard InChI is InChI=1S/C12H12N2OS/c13-8-9-3-1-4-10(7-9)14-12(15)11-5-2-6-16-11/h1-7H,8,13H2,(H,14,15). The highest BCUT2D eigenvalue weighted by molar-refractivity contribution is 7.12. The minimum atomic E-state index is -0.0795. The van der Waals surface area contributed by atoms with E-state index in [4.69, 9.17) is 5.73 Å². The lowest BCUT2D eigenvalue weighted by Crippen LogP contribution is -2.10. The molecule has 16 heavy (non-hydrogen) atoms. The highest BCUT2D eigenvalue weighted by atomic mass is 32.1. The predicted octanol–water partition coefficient (Wildman–Crippen LogP) is 2.46. The van der Waals surface area contributed by atoms with Crippen LogP contribution in [0.25, 0.3) is 0 Å². The second kappa shape index (κ2) is 4.92. The van der Waals surface area contributed by atoms with Gasteiger partial charge in [0.15, 0.2) is 0 Å². The van der Waals surface area contributed by atoms with Crippen molar-refractivity contribution in [2.45, 2.75) is 6.54 Å². The Hall–Kier alpha value is -1.65. The topological polar surface area (TPSA) is 55.1 Å². The van der Waals surface area contributed by atoms with Gasteiger partial charge in [0, 0.05) is 12.2 Å². The Bertz CT molecular complexity index is 480. The number of carbonyl (C=O) groups is 1. The Morgan fingerprint density at radius 1 is 1.31 bits per heavy atom. The van der Waals surface area contributed by atoms with Gasteiger partial charge in [-0.25, -0.2) is 0 Å². The number of nitrogens with one attached hydrogen (secondary N) is 1. The highest BCUT2D eigenvalue weighted by Gasteiger charge is 2.06. The number of rotatable bonds is 3. The van der Waals surface area contributed by atoms with E-state index in [9.17, 15) is 4.79 Å². The third kappa shape index (κ3) is 2.48. The van der Waals surface area contributed by atoms with Crippen molar-refractivity contribution in [1.29, 1.82) is 0 Å². The molecule has 0 spiro atoms. The van der Waals surface area contributed by atoms with Crippen LogP contribution in [0.3, 0.4) is 0 Å². The van der Waals surface area contributed by atoms with Crippen molar-refractivity contribution in [3.05, 3.63) is 52.2 Å². The summed E-state index contributed by atoms with van der Waals surface area (Å²) in [6, 6.07) is 11.2. The first-order valence-electron chi connectivity index (χ1n) is 4.93. The molecule has 1 aromatic carbocycles. The molecule has 3 nitrogen and oxygen atoms in total. The lowest BCUT2D eigenvalue weighted by molar-refractivity contribution is 0.103. The first kappa shape index (κ1) is 10.9. The van der Waals surface area contributed by atoms with Crippen molar-refractivity contribution in [1.82, 2.24) is 0 Å². The van der Waals surface area contributed by atoms with Gasteiger partial charge in [-0.1, -0.05) is 18.2 Å². The van der Waals surface area contributed by atoms with Crippen LogP contribution in [0.15, 0.2) is 41.8 Å². The lowest BCUT2D eigenvalue weighted by Gasteiger charge is -2.05. The molecule has 0 unspecified atom stereocenters. The van der Waals surface area contributed by atoms with Crippen LogP contribution in [0, 0.1) is 0 Å². The van der Waals surface area contributed by atoms with Gasteiger partial charge in [-0.2, -0.15) is 0 Å². The van der Waals surface area contributed by atoms with Crippen molar-refractivity contribution in [3.8, 4) is 0 Å². The Balaban J connectivity index is 2.12. The predicted molar refractivity (Wildman–Crippen MR) is 66.6 cm³/mol. The fraction of sp³-hybridized carbons (Fsp3) is 0.0833. The van der Waals surface area contributed by atoms with Crippen LogP contribution in [-0.4, -0.2) is 5.91 Å². The van der Waals surface area contributed by atoms with Crippen molar-refractivity contribution >= 4 is 22.9 Å². The molecule has 0 aliphatic carbocycles. The quantitative estimate of drug-likeness (QED) is 0.854. The molecule has 3 N–H and O–H groups in total. The Morgan fingerprint density at radius 3 is 2.88 bits per heavy atom. The molecule has 2 aromatic rings. The van der Waals surface area contributed by atoms with Gasteiger partial charge < -0.3 is 11.1 Å². The Labute approximate surface area is 97.9 Å². The highest BCUT2D eigenvalue weighted by Crippen LogP contribution is 2.14. The molecule has 0 fully saturated rings. The molecule has 1 amide bonds. The van der Waals surface area contributed by atoms with Crippen LogP contribution in [-0.2, 0) is 6.54 Å². The molecule has 0 atom stereocenters. The normalized spacial score (nSPS) is 10.1. The number of hydrogen-bond acceptors (Lipinski definition) is 3. The molecular formula is C12H12N2OS. The summed E-state index contributed by atoms with van der Waals surface area (Å²) in [5.41, 5.74) is 7.32. The first-order valence-corrected chi connectivity index (χ1v) is 5.81. The minimum Gasteiger partial charge on any atom is -0.326 e. The van der Waals surface area contributed by atoms with Gasteiger partial charge in [-0.15, -0.1) is 11.3 Å². The van der Waals surface area contributed by atoms with Gasteiger partial charge >= 0.3 is 0 Å². The van der Waals surface area contributed by atoms with Crippen LogP contribution >= 0.6 is 11.3 Å². The summed E-state index contributed by atoms with van der Waals surface area (Å²) < 4.78 is 0. The van der Waals surface area contributed by atoms with Crippen molar-refractivity contribution in [2.75, 3.05) is 5.32 Å². The van der Waals surface area contributed by atoms with Gasteiger partial charge in [0.1, 0.15) is 0 Å². The molecule has 0 radical (unpaired) electrons. The van der Waals surface area contributed by atoms with Crippen LogP contribution in [0.2, 0.25) is 0 Å². The second-order valence-electron chi connectivity index (χ2n) is 3.34. The maximum Gasteiger partial charge on any atom is 0.265 e. The third-order valence-electron chi connectivity index (χ3n) is 2.17. The van der Waals surface area contributed by atoms with E-state index < -0.39 is 0 Å². The number of thiophene rings is 1. The van der Waals surface area contributed by atoms with Gasteiger partial charge in [0.25, 0.3) is 5.91 Å². The molecule has 0 aliphatic heterocycles.